The van der Waals surface area contributed by atoms with Gasteiger partial charge in [0.05, 0.1) is 18.9 Å². The smallest absolute Gasteiger partial charge is 0.300 e. The molecule has 1 aliphatic heterocycles. The highest BCUT2D eigenvalue weighted by atomic mass is 32.1. The quantitative estimate of drug-likeness (QED) is 0.381. The van der Waals surface area contributed by atoms with E-state index in [2.05, 4.69) is 14.9 Å². The molecule has 5 rings (SSSR count). The number of aromatic nitrogens is 3. The van der Waals surface area contributed by atoms with E-state index in [4.69, 9.17) is 4.74 Å². The standard InChI is InChI=1S/C25H26FN5O4S/c1-29(2)24(33)19-12-16(26)4-3-15(19)11-18-13-27-23(36-18)21-22(32)25(34)31-14-17(5-6-20(31)28-21)30-7-9-35-10-8-30/h3-6,12-14,24,32-33H,7-11H2,1-2H3. The normalized spacial score (nSPS) is 15.1. The van der Waals surface area contributed by atoms with Gasteiger partial charge in [-0.05, 0) is 43.9 Å². The van der Waals surface area contributed by atoms with Gasteiger partial charge >= 0.3 is 5.56 Å². The number of fused-ring (bicyclic) bond motifs is 1. The lowest BCUT2D eigenvalue weighted by atomic mass is 10.0. The summed E-state index contributed by atoms with van der Waals surface area (Å²) in [6.45, 7) is 2.69. The number of ether oxygens (including phenoxy) is 1. The van der Waals surface area contributed by atoms with Gasteiger partial charge in [-0.3, -0.25) is 14.1 Å². The van der Waals surface area contributed by atoms with E-state index < -0.39 is 23.4 Å². The van der Waals surface area contributed by atoms with Gasteiger partial charge in [0.2, 0.25) is 5.75 Å². The fourth-order valence-electron chi connectivity index (χ4n) is 4.21. The highest BCUT2D eigenvalue weighted by molar-refractivity contribution is 7.15. The van der Waals surface area contributed by atoms with Crippen LogP contribution in [0.4, 0.5) is 10.1 Å². The Bertz CT molecular complexity index is 1460. The van der Waals surface area contributed by atoms with Gasteiger partial charge in [-0.15, -0.1) is 11.3 Å². The van der Waals surface area contributed by atoms with E-state index in [1.807, 2.05) is 6.07 Å². The van der Waals surface area contributed by atoms with Crippen LogP contribution in [0.1, 0.15) is 22.2 Å². The molecule has 9 nitrogen and oxygen atoms in total. The molecule has 2 N–H and O–H groups in total. The van der Waals surface area contributed by atoms with E-state index >= 15 is 0 Å². The van der Waals surface area contributed by atoms with Gasteiger partial charge in [0.1, 0.15) is 28.4 Å². The number of morpholine rings is 1. The predicted molar refractivity (Wildman–Crippen MR) is 135 cm³/mol. The second kappa shape index (κ2) is 9.94. The van der Waals surface area contributed by atoms with Gasteiger partial charge in [0.15, 0.2) is 0 Å². The minimum Gasteiger partial charge on any atom is -0.501 e. The van der Waals surface area contributed by atoms with Crippen molar-refractivity contribution in [3.05, 3.63) is 74.9 Å². The van der Waals surface area contributed by atoms with E-state index in [9.17, 15) is 19.4 Å². The summed E-state index contributed by atoms with van der Waals surface area (Å²) < 4.78 is 20.6. The number of halogens is 1. The minimum atomic E-state index is -0.961. The molecule has 1 saturated heterocycles. The van der Waals surface area contributed by atoms with Crippen LogP contribution in [0.3, 0.4) is 0 Å². The van der Waals surface area contributed by atoms with Crippen molar-refractivity contribution in [1.82, 2.24) is 19.3 Å². The minimum absolute atomic E-state index is 0.114. The molecular weight excluding hydrogens is 485 g/mol. The van der Waals surface area contributed by atoms with Crippen LogP contribution < -0.4 is 10.5 Å². The molecule has 188 valence electrons. The van der Waals surface area contributed by atoms with Crippen LogP contribution in [0.2, 0.25) is 0 Å². The summed E-state index contributed by atoms with van der Waals surface area (Å²) in [6.07, 6.45) is 2.75. The lowest BCUT2D eigenvalue weighted by Crippen LogP contribution is -2.36. The van der Waals surface area contributed by atoms with E-state index in [0.717, 1.165) is 29.2 Å². The molecule has 0 aliphatic carbocycles. The molecule has 11 heteroatoms. The first kappa shape index (κ1) is 24.3. The molecule has 4 aromatic rings. The Kier molecular flexibility index (Phi) is 6.71. The summed E-state index contributed by atoms with van der Waals surface area (Å²) in [6, 6.07) is 7.96. The maximum absolute atomic E-state index is 13.9. The molecule has 1 aromatic carbocycles. The third kappa shape index (κ3) is 4.70. The number of aliphatic hydroxyl groups is 1. The molecule has 1 atom stereocenters. The van der Waals surface area contributed by atoms with Crippen LogP contribution in [0.15, 0.2) is 47.5 Å². The fourth-order valence-corrected chi connectivity index (χ4v) is 5.13. The van der Waals surface area contributed by atoms with Crippen molar-refractivity contribution in [1.29, 1.82) is 0 Å². The summed E-state index contributed by atoms with van der Waals surface area (Å²) in [5.41, 5.74) is 2.01. The van der Waals surface area contributed by atoms with Crippen molar-refractivity contribution in [2.45, 2.75) is 12.6 Å². The first-order valence-corrected chi connectivity index (χ1v) is 12.3. The number of aliphatic hydroxyl groups excluding tert-OH is 1. The topological polar surface area (TPSA) is 103 Å². The molecule has 0 spiro atoms. The SMILES string of the molecule is CN(C)C(O)c1cc(F)ccc1Cc1cnc(-c2nc3ccc(N4CCOCC4)cn3c(=O)c2O)s1. The number of pyridine rings is 1. The summed E-state index contributed by atoms with van der Waals surface area (Å²) in [5, 5.41) is 21.6. The number of nitrogens with zero attached hydrogens (tertiary/aromatic N) is 5. The molecule has 3 aromatic heterocycles. The maximum atomic E-state index is 13.9. The third-order valence-electron chi connectivity index (χ3n) is 6.16. The summed E-state index contributed by atoms with van der Waals surface area (Å²) in [4.78, 5) is 26.4. The molecule has 36 heavy (non-hydrogen) atoms. The Morgan fingerprint density at radius 3 is 2.75 bits per heavy atom. The lowest BCUT2D eigenvalue weighted by Gasteiger charge is -2.28. The average Bonchev–Trinajstić information content (AvgIpc) is 3.35. The van der Waals surface area contributed by atoms with Crippen molar-refractivity contribution >= 4 is 22.7 Å². The van der Waals surface area contributed by atoms with Crippen LogP contribution in [0.5, 0.6) is 5.75 Å². The Hall–Kier alpha value is -3.38. The van der Waals surface area contributed by atoms with Crippen molar-refractivity contribution in [3.63, 3.8) is 0 Å². The summed E-state index contributed by atoms with van der Waals surface area (Å²) >= 11 is 1.28. The monoisotopic (exact) mass is 511 g/mol. The van der Waals surface area contributed by atoms with Gasteiger partial charge in [0, 0.05) is 42.3 Å². The van der Waals surface area contributed by atoms with Crippen molar-refractivity contribution in [3.8, 4) is 16.5 Å². The maximum Gasteiger partial charge on any atom is 0.300 e. The first-order valence-electron chi connectivity index (χ1n) is 11.5. The number of anilines is 1. The van der Waals surface area contributed by atoms with Crippen LogP contribution in [-0.2, 0) is 11.2 Å². The van der Waals surface area contributed by atoms with Gasteiger partial charge < -0.3 is 19.8 Å². The van der Waals surface area contributed by atoms with Crippen LogP contribution >= 0.6 is 11.3 Å². The van der Waals surface area contributed by atoms with Gasteiger partial charge in [-0.25, -0.2) is 14.4 Å². The lowest BCUT2D eigenvalue weighted by molar-refractivity contribution is 0.0386. The second-order valence-electron chi connectivity index (χ2n) is 8.82. The Morgan fingerprint density at radius 1 is 1.22 bits per heavy atom. The van der Waals surface area contributed by atoms with Crippen molar-refractivity contribution < 1.29 is 19.3 Å². The first-order chi connectivity index (χ1) is 17.3. The Balaban J connectivity index is 1.46. The second-order valence-corrected chi connectivity index (χ2v) is 9.93. The van der Waals surface area contributed by atoms with E-state index in [0.29, 0.717) is 35.9 Å². The number of rotatable bonds is 6. The summed E-state index contributed by atoms with van der Waals surface area (Å²) in [7, 11) is 3.42. The molecule has 1 unspecified atom stereocenters. The molecule has 1 aliphatic rings. The zero-order valence-corrected chi connectivity index (χ0v) is 20.7. The summed E-state index contributed by atoms with van der Waals surface area (Å²) in [5.74, 6) is -0.903. The largest absolute Gasteiger partial charge is 0.501 e. The highest BCUT2D eigenvalue weighted by Crippen LogP contribution is 2.32. The number of hydrogen-bond acceptors (Lipinski definition) is 9. The molecule has 1 fully saturated rings. The van der Waals surface area contributed by atoms with Gasteiger partial charge in [-0.2, -0.15) is 0 Å². The highest BCUT2D eigenvalue weighted by Gasteiger charge is 2.20. The van der Waals surface area contributed by atoms with Crippen LogP contribution in [0, 0.1) is 5.82 Å². The van der Waals surface area contributed by atoms with Crippen LogP contribution in [0.25, 0.3) is 16.3 Å². The van der Waals surface area contributed by atoms with E-state index in [1.54, 1.807) is 43.5 Å². The zero-order chi connectivity index (χ0) is 25.4. The zero-order valence-electron chi connectivity index (χ0n) is 19.9. The van der Waals surface area contributed by atoms with Crippen molar-refractivity contribution in [2.75, 3.05) is 45.3 Å². The van der Waals surface area contributed by atoms with E-state index in [-0.39, 0.29) is 5.69 Å². The predicted octanol–water partition coefficient (Wildman–Crippen LogP) is 2.64. The molecule has 0 radical (unpaired) electrons. The molecule has 0 saturated carbocycles. The Labute approximate surface area is 210 Å². The number of hydrogen-bond donors (Lipinski definition) is 2. The molecule has 4 heterocycles. The van der Waals surface area contributed by atoms with E-state index in [1.165, 1.54) is 27.9 Å². The van der Waals surface area contributed by atoms with Gasteiger partial charge in [-0.1, -0.05) is 6.07 Å². The number of thiazole rings is 1. The van der Waals surface area contributed by atoms with Crippen molar-refractivity contribution in [2.24, 2.45) is 0 Å². The van der Waals surface area contributed by atoms with Crippen LogP contribution in [-0.4, -0.2) is 69.9 Å². The number of benzene rings is 1. The molecule has 0 bridgehead atoms. The average molecular weight is 512 g/mol. The Morgan fingerprint density at radius 2 is 2.00 bits per heavy atom. The fraction of sp³-hybridized carbons (Fsp3) is 0.320. The van der Waals surface area contributed by atoms with Gasteiger partial charge in [0.25, 0.3) is 0 Å². The molecular formula is C25H26FN5O4S. The molecule has 0 amide bonds. The third-order valence-corrected chi connectivity index (χ3v) is 7.16. The number of aromatic hydroxyl groups is 1.